The Hall–Kier alpha value is -1.56. The van der Waals surface area contributed by atoms with Crippen molar-refractivity contribution in [1.29, 1.82) is 0 Å². The molecule has 0 amide bonds. The van der Waals surface area contributed by atoms with Crippen LogP contribution in [0.15, 0.2) is 23.5 Å². The first-order valence-electron chi connectivity index (χ1n) is 9.42. The van der Waals surface area contributed by atoms with Gasteiger partial charge in [-0.3, -0.25) is 9.67 Å². The molecular formula is C18H34N6. The molecule has 1 saturated carbocycles. The Labute approximate surface area is 146 Å². The Balaban J connectivity index is 1.51. The summed E-state index contributed by atoms with van der Waals surface area (Å²) in [6, 6.07) is 2.76. The first-order valence-corrected chi connectivity index (χ1v) is 9.42. The molecule has 0 atom stereocenters. The van der Waals surface area contributed by atoms with Gasteiger partial charge in [0.1, 0.15) is 0 Å². The van der Waals surface area contributed by atoms with Gasteiger partial charge in [-0.1, -0.05) is 19.3 Å². The van der Waals surface area contributed by atoms with Crippen LogP contribution in [0, 0.1) is 0 Å². The molecular weight excluding hydrogens is 300 g/mol. The van der Waals surface area contributed by atoms with E-state index in [1.165, 1.54) is 32.1 Å². The lowest BCUT2D eigenvalue weighted by molar-refractivity contribution is 0.190. The maximum atomic E-state index is 4.29. The molecule has 2 N–H and O–H groups in total. The molecule has 1 aliphatic carbocycles. The van der Waals surface area contributed by atoms with Gasteiger partial charge in [-0.2, -0.15) is 5.10 Å². The van der Waals surface area contributed by atoms with Gasteiger partial charge in [0.15, 0.2) is 5.96 Å². The van der Waals surface area contributed by atoms with Gasteiger partial charge < -0.3 is 15.5 Å². The minimum atomic E-state index is 0.804. The number of hydrogen-bond acceptors (Lipinski definition) is 3. The second-order valence-electron chi connectivity index (χ2n) is 6.67. The molecule has 1 fully saturated rings. The van der Waals surface area contributed by atoms with Crippen LogP contribution in [0.3, 0.4) is 0 Å². The summed E-state index contributed by atoms with van der Waals surface area (Å²) in [5.74, 6) is 0.899. The predicted molar refractivity (Wildman–Crippen MR) is 100 cm³/mol. The molecule has 1 aromatic rings. The fourth-order valence-electron chi connectivity index (χ4n) is 3.34. The van der Waals surface area contributed by atoms with Crippen molar-refractivity contribution in [2.24, 2.45) is 4.99 Å². The molecule has 1 heterocycles. The van der Waals surface area contributed by atoms with Gasteiger partial charge in [-0.05, 0) is 45.3 Å². The number of guanidine groups is 1. The molecule has 0 spiro atoms. The zero-order chi connectivity index (χ0) is 17.0. The van der Waals surface area contributed by atoms with Crippen molar-refractivity contribution < 1.29 is 0 Å². The molecule has 6 heteroatoms. The van der Waals surface area contributed by atoms with Crippen LogP contribution in [0.4, 0.5) is 0 Å². The monoisotopic (exact) mass is 334 g/mol. The number of nitrogens with one attached hydrogen (secondary N) is 2. The van der Waals surface area contributed by atoms with Crippen LogP contribution in [-0.2, 0) is 6.54 Å². The molecule has 24 heavy (non-hydrogen) atoms. The van der Waals surface area contributed by atoms with Crippen LogP contribution < -0.4 is 10.6 Å². The maximum absolute atomic E-state index is 4.29. The highest BCUT2D eigenvalue weighted by atomic mass is 15.3. The van der Waals surface area contributed by atoms with Gasteiger partial charge in [0.25, 0.3) is 0 Å². The fraction of sp³-hybridized carbons (Fsp3) is 0.778. The number of aryl methyl sites for hydroxylation is 1. The summed E-state index contributed by atoms with van der Waals surface area (Å²) in [5.41, 5.74) is 0. The minimum Gasteiger partial charge on any atom is -0.356 e. The van der Waals surface area contributed by atoms with Crippen molar-refractivity contribution in [3.63, 3.8) is 0 Å². The highest BCUT2D eigenvalue weighted by molar-refractivity contribution is 5.79. The van der Waals surface area contributed by atoms with E-state index in [0.29, 0.717) is 0 Å². The molecule has 136 valence electrons. The lowest BCUT2D eigenvalue weighted by Crippen LogP contribution is -2.40. The normalized spacial score (nSPS) is 16.5. The van der Waals surface area contributed by atoms with E-state index in [9.17, 15) is 0 Å². The van der Waals surface area contributed by atoms with Crippen LogP contribution >= 0.6 is 0 Å². The molecule has 0 aliphatic heterocycles. The lowest BCUT2D eigenvalue weighted by atomic mass is 9.94. The van der Waals surface area contributed by atoms with Crippen molar-refractivity contribution in [3.05, 3.63) is 18.5 Å². The van der Waals surface area contributed by atoms with Gasteiger partial charge in [-0.15, -0.1) is 0 Å². The summed E-state index contributed by atoms with van der Waals surface area (Å²) in [7, 11) is 4.11. The van der Waals surface area contributed by atoms with Crippen molar-refractivity contribution >= 4 is 5.96 Å². The van der Waals surface area contributed by atoms with Crippen molar-refractivity contribution in [3.8, 4) is 0 Å². The molecule has 0 radical (unpaired) electrons. The Kier molecular flexibility index (Phi) is 8.66. The predicted octanol–water partition coefficient (Wildman–Crippen LogP) is 2.09. The average Bonchev–Trinajstić information content (AvgIpc) is 3.14. The highest BCUT2D eigenvalue weighted by Gasteiger charge is 2.17. The molecule has 2 rings (SSSR count). The van der Waals surface area contributed by atoms with Crippen molar-refractivity contribution in [1.82, 2.24) is 25.3 Å². The van der Waals surface area contributed by atoms with E-state index >= 15 is 0 Å². The van der Waals surface area contributed by atoms with E-state index in [1.807, 2.05) is 30.2 Å². The van der Waals surface area contributed by atoms with Crippen molar-refractivity contribution in [2.75, 3.05) is 33.7 Å². The molecule has 0 unspecified atom stereocenters. The largest absolute Gasteiger partial charge is 0.356 e. The van der Waals surface area contributed by atoms with E-state index in [1.54, 1.807) is 0 Å². The molecule has 0 bridgehead atoms. The van der Waals surface area contributed by atoms with E-state index in [4.69, 9.17) is 0 Å². The topological polar surface area (TPSA) is 57.5 Å². The Morgan fingerprint density at radius 2 is 1.96 bits per heavy atom. The summed E-state index contributed by atoms with van der Waals surface area (Å²) >= 11 is 0. The highest BCUT2D eigenvalue weighted by Crippen LogP contribution is 2.21. The van der Waals surface area contributed by atoms with Crippen LogP contribution in [-0.4, -0.2) is 60.4 Å². The van der Waals surface area contributed by atoms with Gasteiger partial charge in [0.05, 0.1) is 0 Å². The smallest absolute Gasteiger partial charge is 0.190 e. The summed E-state index contributed by atoms with van der Waals surface area (Å²) in [6.07, 6.45) is 13.0. The zero-order valence-electron chi connectivity index (χ0n) is 15.4. The third-order valence-corrected chi connectivity index (χ3v) is 4.82. The Morgan fingerprint density at radius 1 is 1.21 bits per heavy atom. The number of hydrogen-bond donors (Lipinski definition) is 2. The zero-order valence-corrected chi connectivity index (χ0v) is 15.4. The van der Waals surface area contributed by atoms with Crippen LogP contribution in [0.1, 0.15) is 44.9 Å². The third-order valence-electron chi connectivity index (χ3n) is 4.82. The molecule has 1 aromatic heterocycles. The van der Waals surface area contributed by atoms with Crippen molar-refractivity contribution in [2.45, 2.75) is 57.5 Å². The minimum absolute atomic E-state index is 0.804. The van der Waals surface area contributed by atoms with Gasteiger partial charge in [0, 0.05) is 45.1 Å². The Bertz CT molecular complexity index is 450. The van der Waals surface area contributed by atoms with Crippen LogP contribution in [0.5, 0.6) is 0 Å². The summed E-state index contributed by atoms with van der Waals surface area (Å²) in [4.78, 5) is 6.83. The van der Waals surface area contributed by atoms with Crippen LogP contribution in [0.2, 0.25) is 0 Å². The second kappa shape index (κ2) is 11.1. The maximum Gasteiger partial charge on any atom is 0.190 e. The second-order valence-corrected chi connectivity index (χ2v) is 6.67. The van der Waals surface area contributed by atoms with E-state index in [0.717, 1.165) is 51.0 Å². The summed E-state index contributed by atoms with van der Waals surface area (Å²) in [6.45, 7) is 3.97. The quantitative estimate of drug-likeness (QED) is 0.412. The van der Waals surface area contributed by atoms with Gasteiger partial charge >= 0.3 is 0 Å². The summed E-state index contributed by atoms with van der Waals surface area (Å²) in [5, 5.41) is 11.0. The Morgan fingerprint density at radius 3 is 2.62 bits per heavy atom. The average molecular weight is 335 g/mol. The first kappa shape index (κ1) is 18.8. The molecule has 0 saturated heterocycles. The number of rotatable bonds is 9. The van der Waals surface area contributed by atoms with E-state index in [-0.39, 0.29) is 0 Å². The summed E-state index contributed by atoms with van der Waals surface area (Å²) < 4.78 is 1.96. The van der Waals surface area contributed by atoms with Gasteiger partial charge in [-0.25, -0.2) is 0 Å². The SMILES string of the molecule is CN=C(NCCCN(C)C1CCCCC1)NCCCn1cccn1. The third kappa shape index (κ3) is 6.91. The first-order chi connectivity index (χ1) is 11.8. The number of aliphatic imine (C=N–C) groups is 1. The van der Waals surface area contributed by atoms with E-state index in [2.05, 4.69) is 32.7 Å². The van der Waals surface area contributed by atoms with Crippen LogP contribution in [0.25, 0.3) is 0 Å². The molecule has 1 aliphatic rings. The number of nitrogens with zero attached hydrogens (tertiary/aromatic N) is 4. The molecule has 0 aromatic carbocycles. The lowest BCUT2D eigenvalue weighted by Gasteiger charge is -2.31. The standard InChI is InChI=1S/C18H34N6/c1-19-18(21-12-7-15-24-16-8-13-22-24)20-11-6-14-23(2)17-9-4-3-5-10-17/h8,13,16-17H,3-7,9-12,14-15H2,1-2H3,(H2,19,20,21). The fourth-order valence-corrected chi connectivity index (χ4v) is 3.34. The van der Waals surface area contributed by atoms with Gasteiger partial charge in [0.2, 0.25) is 0 Å². The molecule has 6 nitrogen and oxygen atoms in total. The van der Waals surface area contributed by atoms with E-state index < -0.39 is 0 Å². The number of aromatic nitrogens is 2.